The lowest BCUT2D eigenvalue weighted by Gasteiger charge is -2.19. The highest BCUT2D eigenvalue weighted by Crippen LogP contribution is 2.36. The van der Waals surface area contributed by atoms with Crippen LogP contribution in [0.5, 0.6) is 5.75 Å². The Bertz CT molecular complexity index is 1000. The lowest BCUT2D eigenvalue weighted by atomic mass is 10.1. The molecule has 1 aromatic carbocycles. The third-order valence-electron chi connectivity index (χ3n) is 4.38. The second kappa shape index (κ2) is 6.90. The van der Waals surface area contributed by atoms with Gasteiger partial charge in [-0.1, -0.05) is 6.07 Å². The molecule has 3 rings (SSSR count). The molecule has 0 unspecified atom stereocenters. The van der Waals surface area contributed by atoms with Crippen molar-refractivity contribution >= 4 is 10.0 Å². The molecule has 0 saturated carbocycles. The van der Waals surface area contributed by atoms with E-state index in [9.17, 15) is 21.6 Å². The number of aromatic nitrogens is 1. The Balaban J connectivity index is 2.12. The first-order valence-electron chi connectivity index (χ1n) is 8.09. The normalized spacial score (nSPS) is 15.7. The fraction of sp³-hybridized carbons (Fsp3) is 0.353. The van der Waals surface area contributed by atoms with Crippen LogP contribution >= 0.6 is 0 Å². The third-order valence-corrected chi connectivity index (χ3v) is 6.32. The van der Waals surface area contributed by atoms with Crippen LogP contribution in [-0.4, -0.2) is 36.7 Å². The van der Waals surface area contributed by atoms with Gasteiger partial charge in [-0.15, -0.1) is 13.2 Å². The maximum atomic E-state index is 12.9. The number of hydrogen-bond donors (Lipinski definition) is 0. The summed E-state index contributed by atoms with van der Waals surface area (Å²) in [5, 5.41) is 9.03. The van der Waals surface area contributed by atoms with Crippen LogP contribution in [0.25, 0.3) is 11.3 Å². The molecule has 0 radical (unpaired) electrons. The lowest BCUT2D eigenvalue weighted by molar-refractivity contribution is -0.275. The number of rotatable bonds is 4. The SMILES string of the molecule is Cn1c(C#N)ccc1-c1ccc(S(=O)(=O)N2CCCC2)c(OC(F)(F)F)c1. The van der Waals surface area contributed by atoms with Crippen molar-refractivity contribution in [1.29, 1.82) is 5.26 Å². The molecule has 1 aliphatic rings. The zero-order valence-electron chi connectivity index (χ0n) is 14.3. The molecule has 1 fully saturated rings. The van der Waals surface area contributed by atoms with Crippen LogP contribution in [0.2, 0.25) is 0 Å². The van der Waals surface area contributed by atoms with Crippen molar-refractivity contribution in [1.82, 2.24) is 8.87 Å². The molecular formula is C17H16F3N3O3S. The van der Waals surface area contributed by atoms with Crippen molar-refractivity contribution in [3.63, 3.8) is 0 Å². The smallest absolute Gasteiger partial charge is 0.404 e. The summed E-state index contributed by atoms with van der Waals surface area (Å²) in [5.74, 6) is -0.786. The molecule has 27 heavy (non-hydrogen) atoms. The molecule has 0 spiro atoms. The number of nitriles is 1. The van der Waals surface area contributed by atoms with Crippen LogP contribution < -0.4 is 4.74 Å². The van der Waals surface area contributed by atoms with E-state index < -0.39 is 27.0 Å². The zero-order valence-corrected chi connectivity index (χ0v) is 15.1. The Labute approximate surface area is 154 Å². The van der Waals surface area contributed by atoms with Gasteiger partial charge in [0.2, 0.25) is 10.0 Å². The number of ether oxygens (including phenoxy) is 1. The molecule has 0 N–H and O–H groups in total. The molecule has 2 heterocycles. The number of sulfonamides is 1. The van der Waals surface area contributed by atoms with Gasteiger partial charge in [-0.2, -0.15) is 9.57 Å². The summed E-state index contributed by atoms with van der Waals surface area (Å²) in [6.07, 6.45) is -3.72. The van der Waals surface area contributed by atoms with Crippen LogP contribution in [0.3, 0.4) is 0 Å². The van der Waals surface area contributed by atoms with Crippen molar-refractivity contribution in [3.8, 4) is 23.1 Å². The summed E-state index contributed by atoms with van der Waals surface area (Å²) in [6.45, 7) is 0.526. The topological polar surface area (TPSA) is 75.3 Å². The summed E-state index contributed by atoms with van der Waals surface area (Å²) in [6, 6.07) is 8.61. The average molecular weight is 399 g/mol. The van der Waals surface area contributed by atoms with Gasteiger partial charge in [0.15, 0.2) is 0 Å². The molecule has 0 bridgehead atoms. The predicted molar refractivity (Wildman–Crippen MR) is 90.2 cm³/mol. The molecule has 6 nitrogen and oxygen atoms in total. The molecule has 2 aromatic rings. The van der Waals surface area contributed by atoms with Gasteiger partial charge in [0.1, 0.15) is 22.4 Å². The minimum absolute atomic E-state index is 0.263. The van der Waals surface area contributed by atoms with E-state index in [2.05, 4.69) is 4.74 Å². The van der Waals surface area contributed by atoms with Gasteiger partial charge in [-0.05, 0) is 37.1 Å². The van der Waals surface area contributed by atoms with Crippen LogP contribution in [0.4, 0.5) is 13.2 Å². The lowest BCUT2D eigenvalue weighted by Crippen LogP contribution is -2.29. The highest BCUT2D eigenvalue weighted by Gasteiger charge is 2.36. The van der Waals surface area contributed by atoms with Gasteiger partial charge in [0.25, 0.3) is 0 Å². The summed E-state index contributed by atoms with van der Waals surface area (Å²) in [4.78, 5) is -0.528. The van der Waals surface area contributed by atoms with Crippen molar-refractivity contribution in [2.75, 3.05) is 13.1 Å². The van der Waals surface area contributed by atoms with Gasteiger partial charge in [0.05, 0.1) is 0 Å². The van der Waals surface area contributed by atoms with Gasteiger partial charge in [-0.3, -0.25) is 0 Å². The fourth-order valence-corrected chi connectivity index (χ4v) is 4.68. The second-order valence-corrected chi connectivity index (χ2v) is 8.00. The van der Waals surface area contributed by atoms with E-state index >= 15 is 0 Å². The van der Waals surface area contributed by atoms with Crippen molar-refractivity contribution in [3.05, 3.63) is 36.0 Å². The molecule has 1 aliphatic heterocycles. The molecule has 1 aromatic heterocycles. The van der Waals surface area contributed by atoms with Gasteiger partial charge >= 0.3 is 6.36 Å². The predicted octanol–water partition coefficient (Wildman–Crippen LogP) is 3.25. The van der Waals surface area contributed by atoms with Gasteiger partial charge in [-0.25, -0.2) is 8.42 Å². The monoisotopic (exact) mass is 399 g/mol. The Morgan fingerprint density at radius 3 is 2.37 bits per heavy atom. The molecular weight excluding hydrogens is 383 g/mol. The Morgan fingerprint density at radius 1 is 1.15 bits per heavy atom. The van der Waals surface area contributed by atoms with Crippen molar-refractivity contribution in [2.24, 2.45) is 7.05 Å². The quantitative estimate of drug-likeness (QED) is 0.791. The summed E-state index contributed by atoms with van der Waals surface area (Å²) >= 11 is 0. The van der Waals surface area contributed by atoms with E-state index in [1.165, 1.54) is 16.7 Å². The summed E-state index contributed by atoms with van der Waals surface area (Å²) in [5.41, 5.74) is 1.08. The van der Waals surface area contributed by atoms with E-state index in [0.717, 1.165) is 16.4 Å². The van der Waals surface area contributed by atoms with E-state index in [4.69, 9.17) is 5.26 Å². The summed E-state index contributed by atoms with van der Waals surface area (Å²) < 4.78 is 70.8. The van der Waals surface area contributed by atoms with Crippen LogP contribution in [-0.2, 0) is 17.1 Å². The highest BCUT2D eigenvalue weighted by atomic mass is 32.2. The molecule has 0 aliphatic carbocycles. The summed E-state index contributed by atoms with van der Waals surface area (Å²) in [7, 11) is -2.51. The standard InChI is InChI=1S/C17H16F3N3O3S/c1-22-13(11-21)5-6-14(22)12-4-7-16(15(10-12)26-17(18,19)20)27(24,25)23-8-2-3-9-23/h4-7,10H,2-3,8-9H2,1H3. The molecule has 10 heteroatoms. The molecule has 144 valence electrons. The minimum Gasteiger partial charge on any atom is -0.404 e. The number of nitrogens with zero attached hydrogens (tertiary/aromatic N) is 3. The number of alkyl halides is 3. The first-order valence-corrected chi connectivity index (χ1v) is 9.53. The van der Waals surface area contributed by atoms with Gasteiger partial charge in [0, 0.05) is 31.4 Å². The van der Waals surface area contributed by atoms with Crippen LogP contribution in [0.15, 0.2) is 35.2 Å². The number of halogens is 3. The molecule has 0 amide bonds. The van der Waals surface area contributed by atoms with Gasteiger partial charge < -0.3 is 9.30 Å². The Morgan fingerprint density at radius 2 is 1.81 bits per heavy atom. The third kappa shape index (κ3) is 3.79. The number of benzene rings is 1. The number of hydrogen-bond acceptors (Lipinski definition) is 4. The fourth-order valence-electron chi connectivity index (χ4n) is 3.07. The minimum atomic E-state index is -5.04. The van der Waals surface area contributed by atoms with Crippen LogP contribution in [0, 0.1) is 11.3 Å². The highest BCUT2D eigenvalue weighted by molar-refractivity contribution is 7.89. The largest absolute Gasteiger partial charge is 0.573 e. The second-order valence-electron chi connectivity index (χ2n) is 6.10. The van der Waals surface area contributed by atoms with E-state index in [0.29, 0.717) is 29.8 Å². The Kier molecular flexibility index (Phi) is 4.92. The average Bonchev–Trinajstić information content (AvgIpc) is 3.23. The van der Waals surface area contributed by atoms with E-state index in [1.54, 1.807) is 13.1 Å². The molecule has 0 atom stereocenters. The van der Waals surface area contributed by atoms with Crippen LogP contribution in [0.1, 0.15) is 18.5 Å². The first kappa shape index (κ1) is 19.3. The maximum absolute atomic E-state index is 12.9. The Hall–Kier alpha value is -2.51. The van der Waals surface area contributed by atoms with E-state index in [-0.39, 0.29) is 13.1 Å². The zero-order chi connectivity index (χ0) is 19.8. The maximum Gasteiger partial charge on any atom is 0.573 e. The molecule has 1 saturated heterocycles. The van der Waals surface area contributed by atoms with Crippen molar-refractivity contribution in [2.45, 2.75) is 24.1 Å². The first-order chi connectivity index (χ1) is 12.6. The van der Waals surface area contributed by atoms with E-state index in [1.807, 2.05) is 6.07 Å². The van der Waals surface area contributed by atoms with Crippen molar-refractivity contribution < 1.29 is 26.3 Å².